The first-order chi connectivity index (χ1) is 32.1. The minimum absolute atomic E-state index is 0.0223. The lowest BCUT2D eigenvalue weighted by atomic mass is 9.86. The summed E-state index contributed by atoms with van der Waals surface area (Å²) in [7, 11) is 0. The van der Waals surface area contributed by atoms with Crippen molar-refractivity contribution in [3.05, 3.63) is 107 Å². The molecule has 1 unspecified atom stereocenters. The number of rotatable bonds is 17. The summed E-state index contributed by atoms with van der Waals surface area (Å²) in [5, 5.41) is 18.8. The fraction of sp³-hybridized carbons (Fsp3) is 0.383. The Bertz CT molecular complexity index is 2640. The number of fused-ring (bicyclic) bond motifs is 2. The Labute approximate surface area is 379 Å². The number of ether oxygens (including phenoxy) is 3. The molecule has 0 radical (unpaired) electrons. The Morgan fingerprint density at radius 1 is 0.818 bits per heavy atom. The van der Waals surface area contributed by atoms with Crippen LogP contribution in [-0.2, 0) is 32.0 Å². The number of hydrogen-bond donors (Lipinski definition) is 3. The highest BCUT2D eigenvalue weighted by molar-refractivity contribution is 6.24. The van der Waals surface area contributed by atoms with Crippen LogP contribution < -0.4 is 21.1 Å². The van der Waals surface area contributed by atoms with Gasteiger partial charge in [-0.05, 0) is 92.5 Å². The molecule has 2 atom stereocenters. The number of nitrogens with two attached hydrogens (primary N) is 1. The molecule has 2 aromatic heterocycles. The predicted molar refractivity (Wildman–Crippen MR) is 237 cm³/mol. The van der Waals surface area contributed by atoms with E-state index in [1.54, 1.807) is 29.1 Å². The number of hydrogen-bond acceptors (Lipinski definition) is 13. The van der Waals surface area contributed by atoms with Crippen molar-refractivity contribution < 1.29 is 43.0 Å². The van der Waals surface area contributed by atoms with Gasteiger partial charge < -0.3 is 30.2 Å². The van der Waals surface area contributed by atoms with E-state index in [1.165, 1.54) is 0 Å². The van der Waals surface area contributed by atoms with Crippen molar-refractivity contribution in [2.75, 3.05) is 51.4 Å². The number of carbonyl (C=O) groups is 6. The van der Waals surface area contributed by atoms with E-state index in [-0.39, 0.29) is 42.0 Å². The summed E-state index contributed by atoms with van der Waals surface area (Å²) in [4.78, 5) is 79.6. The minimum atomic E-state index is -1.01. The van der Waals surface area contributed by atoms with Gasteiger partial charge in [-0.2, -0.15) is 5.10 Å². The third-order valence-electron chi connectivity index (χ3n) is 12.6. The van der Waals surface area contributed by atoms with Crippen molar-refractivity contribution >= 4 is 41.3 Å². The Morgan fingerprint density at radius 2 is 1.58 bits per heavy atom. The number of aromatic nitrogens is 5. The molecule has 0 aliphatic carbocycles. The minimum Gasteiger partial charge on any atom is -0.457 e. The van der Waals surface area contributed by atoms with Crippen LogP contribution in [0.4, 0.5) is 5.82 Å². The van der Waals surface area contributed by atoms with Gasteiger partial charge in [-0.1, -0.05) is 35.5 Å². The third-order valence-corrected chi connectivity index (χ3v) is 12.6. The van der Waals surface area contributed by atoms with Crippen LogP contribution in [0.15, 0.2) is 79.0 Å². The summed E-state index contributed by atoms with van der Waals surface area (Å²) in [5.74, 6) is -0.613. The third kappa shape index (κ3) is 9.16. The first-order valence-corrected chi connectivity index (χ1v) is 22.3. The van der Waals surface area contributed by atoms with E-state index in [2.05, 4.69) is 20.9 Å². The summed E-state index contributed by atoms with van der Waals surface area (Å²) < 4.78 is 20.9. The molecule has 4 aliphatic rings. The maximum absolute atomic E-state index is 13.5. The van der Waals surface area contributed by atoms with Crippen molar-refractivity contribution in [3.63, 3.8) is 0 Å². The normalized spacial score (nSPS) is 18.5. The maximum Gasteiger partial charge on any atom is 0.276 e. The van der Waals surface area contributed by atoms with Gasteiger partial charge >= 0.3 is 0 Å². The van der Waals surface area contributed by atoms with E-state index < -0.39 is 35.6 Å². The number of amides is 6. The van der Waals surface area contributed by atoms with Gasteiger partial charge in [0.2, 0.25) is 11.8 Å². The zero-order valence-electron chi connectivity index (χ0n) is 36.2. The molecular formula is C47H50N10O9. The quantitative estimate of drug-likeness (QED) is 0.0886. The number of imide groups is 2. The summed E-state index contributed by atoms with van der Waals surface area (Å²) >= 11 is 0. The molecule has 19 heteroatoms. The Hall–Kier alpha value is -7.25. The van der Waals surface area contributed by atoms with E-state index in [0.29, 0.717) is 99.4 Å². The lowest BCUT2D eigenvalue weighted by molar-refractivity contribution is -0.136. The van der Waals surface area contributed by atoms with E-state index >= 15 is 0 Å². The Balaban J connectivity index is 0.699. The molecule has 2 saturated heterocycles. The number of nitrogens with one attached hydrogen (secondary N) is 2. The zero-order valence-corrected chi connectivity index (χ0v) is 36.2. The van der Waals surface area contributed by atoms with Gasteiger partial charge in [0.25, 0.3) is 23.6 Å². The molecule has 9 rings (SSSR count). The highest BCUT2D eigenvalue weighted by Crippen LogP contribution is 2.40. The second kappa shape index (κ2) is 19.5. The van der Waals surface area contributed by atoms with E-state index in [4.69, 9.17) is 25.0 Å². The van der Waals surface area contributed by atoms with Crippen molar-refractivity contribution in [2.24, 2.45) is 11.7 Å². The molecule has 19 nitrogen and oxygen atoms in total. The van der Waals surface area contributed by atoms with Crippen LogP contribution >= 0.6 is 0 Å². The van der Waals surface area contributed by atoms with Gasteiger partial charge in [-0.15, -0.1) is 5.10 Å². The fourth-order valence-corrected chi connectivity index (χ4v) is 9.27. The smallest absolute Gasteiger partial charge is 0.276 e. The molecule has 6 amide bonds. The van der Waals surface area contributed by atoms with Crippen molar-refractivity contribution in [2.45, 2.75) is 63.6 Å². The van der Waals surface area contributed by atoms with Gasteiger partial charge in [0.1, 0.15) is 34.6 Å². The highest BCUT2D eigenvalue weighted by Gasteiger charge is 2.45. The zero-order chi connectivity index (χ0) is 45.7. The molecule has 342 valence electrons. The first-order valence-electron chi connectivity index (χ1n) is 22.3. The molecule has 2 fully saturated rings. The Morgan fingerprint density at radius 3 is 2.33 bits per heavy atom. The van der Waals surface area contributed by atoms with E-state index in [1.807, 2.05) is 64.2 Å². The van der Waals surface area contributed by atoms with Crippen LogP contribution in [0.5, 0.6) is 11.5 Å². The number of benzene rings is 3. The SMILES string of the molecule is NC(=O)c1c(-c2ccc(Oc3ccccc3)cc2)nn2c1NCC[C@H]2C1CCN(C(=O)c2cn(CCOCCOCCCc3cccc4c3C(=O)N(C3CCC(=O)NC3=O)C4=O)nn2)CC1. The molecule has 4 aliphatic heterocycles. The second-order valence-corrected chi connectivity index (χ2v) is 16.7. The fourth-order valence-electron chi connectivity index (χ4n) is 9.27. The summed E-state index contributed by atoms with van der Waals surface area (Å²) in [5.41, 5.74) is 9.09. The number of anilines is 1. The number of piperidine rings is 2. The van der Waals surface area contributed by atoms with Crippen LogP contribution in [0.25, 0.3) is 11.3 Å². The van der Waals surface area contributed by atoms with Gasteiger partial charge in [-0.3, -0.25) is 39.0 Å². The van der Waals surface area contributed by atoms with Crippen LogP contribution in [0, 0.1) is 5.92 Å². The van der Waals surface area contributed by atoms with Crippen molar-refractivity contribution in [3.8, 4) is 22.8 Å². The Kier molecular flexibility index (Phi) is 13.0. The van der Waals surface area contributed by atoms with Crippen LogP contribution in [-0.4, -0.2) is 122 Å². The molecule has 0 spiro atoms. The number of likely N-dealkylation sites (tertiary alicyclic amines) is 1. The van der Waals surface area contributed by atoms with E-state index in [0.717, 1.165) is 35.5 Å². The first kappa shape index (κ1) is 44.0. The molecule has 5 aromatic rings. The van der Waals surface area contributed by atoms with Gasteiger partial charge in [-0.25, -0.2) is 9.36 Å². The standard InChI is InChI=1S/C47H50N10O9/c48-42(59)40-41(31-11-13-33(14-12-31)66-32-8-2-1-3-9-32)52-57-36(17-20-49-43(40)57)29-18-21-54(22-19-29)46(62)35-28-55(53-51-35)23-25-65-27-26-64-24-5-7-30-6-4-10-34-39(30)47(63)56(45(34)61)37-15-16-38(58)50-44(37)60/h1-4,6,8-14,28-29,36-37,49H,5,7,15-27H2,(H2,48,59)(H,50,58,60)/t36-,37?/m0/s1. The summed E-state index contributed by atoms with van der Waals surface area (Å²) in [6.45, 7) is 3.58. The topological polar surface area (TPSA) is 235 Å². The monoisotopic (exact) mass is 898 g/mol. The molecular weight excluding hydrogens is 849 g/mol. The lowest BCUT2D eigenvalue weighted by Gasteiger charge is -2.38. The molecule has 66 heavy (non-hydrogen) atoms. The van der Waals surface area contributed by atoms with Gasteiger partial charge in [0.15, 0.2) is 5.69 Å². The molecule has 0 saturated carbocycles. The lowest BCUT2D eigenvalue weighted by Crippen LogP contribution is -2.54. The van der Waals surface area contributed by atoms with Crippen LogP contribution in [0.1, 0.15) is 91.7 Å². The van der Waals surface area contributed by atoms with Crippen molar-refractivity contribution in [1.82, 2.24) is 39.9 Å². The molecule has 3 aromatic carbocycles. The number of nitrogens with zero attached hydrogens (tertiary/aromatic N) is 7. The highest BCUT2D eigenvalue weighted by atomic mass is 16.5. The molecule has 4 N–H and O–H groups in total. The number of aryl methyl sites for hydroxylation is 1. The number of carbonyl (C=O) groups excluding carboxylic acids is 6. The maximum atomic E-state index is 13.5. The molecule has 6 heterocycles. The van der Waals surface area contributed by atoms with Crippen LogP contribution in [0.3, 0.4) is 0 Å². The molecule has 0 bridgehead atoms. The van der Waals surface area contributed by atoms with Crippen molar-refractivity contribution in [1.29, 1.82) is 0 Å². The summed E-state index contributed by atoms with van der Waals surface area (Å²) in [6, 6.07) is 21.0. The van der Waals surface area contributed by atoms with E-state index in [9.17, 15) is 28.8 Å². The average Bonchev–Trinajstić information content (AvgIpc) is 4.04. The number of primary amides is 1. The van der Waals surface area contributed by atoms with Gasteiger partial charge in [0, 0.05) is 38.2 Å². The van der Waals surface area contributed by atoms with Gasteiger partial charge in [0.05, 0.1) is 49.7 Å². The predicted octanol–water partition coefficient (Wildman–Crippen LogP) is 4.01. The largest absolute Gasteiger partial charge is 0.457 e. The van der Waals surface area contributed by atoms with Crippen LogP contribution in [0.2, 0.25) is 0 Å². The number of para-hydroxylation sites is 1. The summed E-state index contributed by atoms with van der Waals surface area (Å²) in [6.07, 6.45) is 5.21. The average molecular weight is 899 g/mol. The second-order valence-electron chi connectivity index (χ2n) is 16.7.